The topological polar surface area (TPSA) is 55.5 Å². The molecule has 3 N–H and O–H groups in total. The van der Waals surface area contributed by atoms with Gasteiger partial charge in [-0.3, -0.25) is 0 Å². The van der Waals surface area contributed by atoms with Gasteiger partial charge in [-0.2, -0.15) is 0 Å². The van der Waals surface area contributed by atoms with Crippen LogP contribution in [0.25, 0.3) is 0 Å². The average Bonchev–Trinajstić information content (AvgIpc) is 2.83. The molecule has 4 heteroatoms. The van der Waals surface area contributed by atoms with Gasteiger partial charge < -0.3 is 15.6 Å². The fraction of sp³-hybridized carbons (Fsp3) is 0.571. The number of aliphatic hydroxyl groups is 1. The molecule has 0 bridgehead atoms. The molecule has 100 valence electrons. The Bertz CT molecular complexity index is 397. The largest absolute Gasteiger partial charge is 0.395 e. The zero-order valence-electron chi connectivity index (χ0n) is 10.8. The smallest absolute Gasteiger partial charge is 0.0625 e. The summed E-state index contributed by atoms with van der Waals surface area (Å²) < 4.78 is 5.05. The lowest BCUT2D eigenvalue weighted by atomic mass is 10.1. The van der Waals surface area contributed by atoms with E-state index in [1.165, 1.54) is 35.3 Å². The quantitative estimate of drug-likeness (QED) is 0.769. The third kappa shape index (κ3) is 3.26. The highest BCUT2D eigenvalue weighted by atomic mass is 32.2. The maximum atomic E-state index is 9.42. The highest BCUT2D eigenvalue weighted by Gasteiger charge is 2.19. The number of hydrogen-bond donors (Lipinski definition) is 2. The van der Waals surface area contributed by atoms with E-state index >= 15 is 0 Å². The summed E-state index contributed by atoms with van der Waals surface area (Å²) in [4.78, 5) is 1.20. The summed E-state index contributed by atoms with van der Waals surface area (Å²) in [5.41, 5.74) is 8.92. The van der Waals surface area contributed by atoms with E-state index in [0.29, 0.717) is 6.61 Å². The van der Waals surface area contributed by atoms with Crippen LogP contribution >= 0.6 is 11.8 Å². The third-order valence-electron chi connectivity index (χ3n) is 3.37. The fourth-order valence-corrected chi connectivity index (χ4v) is 3.39. The molecule has 2 rings (SSSR count). The summed E-state index contributed by atoms with van der Waals surface area (Å²) in [5.74, 6) is 0. The lowest BCUT2D eigenvalue weighted by Gasteiger charge is -2.21. The van der Waals surface area contributed by atoms with Gasteiger partial charge in [0.15, 0.2) is 0 Å². The van der Waals surface area contributed by atoms with Gasteiger partial charge in [0.05, 0.1) is 13.2 Å². The minimum atomic E-state index is -0.141. The van der Waals surface area contributed by atoms with E-state index in [2.05, 4.69) is 18.2 Å². The summed E-state index contributed by atoms with van der Waals surface area (Å²) in [5, 5.41) is 9.41. The summed E-state index contributed by atoms with van der Waals surface area (Å²) >= 11 is 1.65. The number of nitrogens with two attached hydrogens (primary N) is 1. The standard InChI is InChI=1S/C14H21NO2S/c1-17-9-13(15)14(8-16)18-12-6-5-10-3-2-4-11(10)7-12/h5-7,13-14,16H,2-4,8-9,15H2,1H3. The molecule has 0 saturated carbocycles. The Hall–Kier alpha value is -0.550. The van der Waals surface area contributed by atoms with Crippen molar-refractivity contribution in [2.45, 2.75) is 35.4 Å². The minimum absolute atomic E-state index is 0.00981. The van der Waals surface area contributed by atoms with Crippen LogP contribution in [-0.4, -0.2) is 36.7 Å². The molecule has 1 aromatic carbocycles. The maximum Gasteiger partial charge on any atom is 0.0625 e. The van der Waals surface area contributed by atoms with Gasteiger partial charge in [0, 0.05) is 23.3 Å². The summed E-state index contributed by atoms with van der Waals surface area (Å²) in [6.07, 6.45) is 3.64. The molecule has 0 heterocycles. The van der Waals surface area contributed by atoms with Gasteiger partial charge in [-0.25, -0.2) is 0 Å². The predicted octanol–water partition coefficient (Wildman–Crippen LogP) is 1.60. The van der Waals surface area contributed by atoms with Gasteiger partial charge in [0.2, 0.25) is 0 Å². The highest BCUT2D eigenvalue weighted by molar-refractivity contribution is 8.00. The molecular formula is C14H21NO2S. The van der Waals surface area contributed by atoms with E-state index in [4.69, 9.17) is 10.5 Å². The van der Waals surface area contributed by atoms with Crippen LogP contribution in [0.3, 0.4) is 0 Å². The number of benzene rings is 1. The molecule has 0 spiro atoms. The van der Waals surface area contributed by atoms with Crippen molar-refractivity contribution in [1.82, 2.24) is 0 Å². The molecule has 18 heavy (non-hydrogen) atoms. The van der Waals surface area contributed by atoms with E-state index in [9.17, 15) is 5.11 Å². The Morgan fingerprint density at radius 1 is 1.39 bits per heavy atom. The highest BCUT2D eigenvalue weighted by Crippen LogP contribution is 2.30. The van der Waals surface area contributed by atoms with Crippen molar-refractivity contribution in [1.29, 1.82) is 0 Å². The first-order valence-electron chi connectivity index (χ1n) is 6.38. The third-order valence-corrected chi connectivity index (χ3v) is 4.70. The van der Waals surface area contributed by atoms with Gasteiger partial charge in [-0.15, -0.1) is 11.8 Å². The Kier molecular flexibility index (Phi) is 5.06. The zero-order chi connectivity index (χ0) is 13.0. The summed E-state index contributed by atoms with van der Waals surface area (Å²) in [6.45, 7) is 0.551. The number of aryl methyl sites for hydroxylation is 2. The molecule has 2 unspecified atom stereocenters. The lowest BCUT2D eigenvalue weighted by molar-refractivity contribution is 0.167. The Morgan fingerprint density at radius 2 is 2.17 bits per heavy atom. The van der Waals surface area contributed by atoms with Crippen LogP contribution in [0.2, 0.25) is 0 Å². The molecule has 2 atom stereocenters. The van der Waals surface area contributed by atoms with E-state index in [1.807, 2.05) is 0 Å². The minimum Gasteiger partial charge on any atom is -0.395 e. The molecule has 0 aliphatic heterocycles. The second kappa shape index (κ2) is 6.57. The normalized spacial score (nSPS) is 17.5. The Morgan fingerprint density at radius 3 is 2.89 bits per heavy atom. The molecule has 1 aliphatic carbocycles. The second-order valence-electron chi connectivity index (χ2n) is 4.74. The van der Waals surface area contributed by atoms with Crippen LogP contribution in [0, 0.1) is 0 Å². The Labute approximate surface area is 113 Å². The molecule has 0 amide bonds. The molecule has 0 radical (unpaired) electrons. The molecule has 1 aliphatic rings. The number of hydrogen-bond acceptors (Lipinski definition) is 4. The van der Waals surface area contributed by atoms with Gasteiger partial charge in [0.25, 0.3) is 0 Å². The average molecular weight is 267 g/mol. The van der Waals surface area contributed by atoms with Crippen LogP contribution in [0.15, 0.2) is 23.1 Å². The van der Waals surface area contributed by atoms with Gasteiger partial charge in [-0.05, 0) is 42.5 Å². The second-order valence-corrected chi connectivity index (χ2v) is 6.05. The molecule has 3 nitrogen and oxygen atoms in total. The van der Waals surface area contributed by atoms with Crippen molar-refractivity contribution in [3.63, 3.8) is 0 Å². The summed E-state index contributed by atoms with van der Waals surface area (Å²) in [7, 11) is 1.63. The van der Waals surface area contributed by atoms with E-state index in [0.717, 1.165) is 0 Å². The van der Waals surface area contributed by atoms with Gasteiger partial charge in [-0.1, -0.05) is 6.07 Å². The van der Waals surface area contributed by atoms with Crippen molar-refractivity contribution in [2.24, 2.45) is 5.73 Å². The first-order valence-corrected chi connectivity index (χ1v) is 7.26. The Balaban J connectivity index is 2.03. The van der Waals surface area contributed by atoms with Crippen molar-refractivity contribution in [3.8, 4) is 0 Å². The molecule has 0 aromatic heterocycles. The van der Waals surface area contributed by atoms with Crippen molar-refractivity contribution in [2.75, 3.05) is 20.3 Å². The number of methoxy groups -OCH3 is 1. The van der Waals surface area contributed by atoms with Crippen LogP contribution in [-0.2, 0) is 17.6 Å². The van der Waals surface area contributed by atoms with Crippen LogP contribution in [0.5, 0.6) is 0 Å². The number of thioether (sulfide) groups is 1. The van der Waals surface area contributed by atoms with Gasteiger partial charge in [0.1, 0.15) is 0 Å². The van der Waals surface area contributed by atoms with Crippen molar-refractivity contribution < 1.29 is 9.84 Å². The number of ether oxygens (including phenoxy) is 1. The van der Waals surface area contributed by atoms with Crippen LogP contribution in [0.1, 0.15) is 17.5 Å². The van der Waals surface area contributed by atoms with E-state index in [-0.39, 0.29) is 17.9 Å². The number of fused-ring (bicyclic) bond motifs is 1. The SMILES string of the molecule is COCC(N)C(CO)Sc1ccc2c(c1)CCC2. The number of aliphatic hydroxyl groups excluding tert-OH is 1. The zero-order valence-corrected chi connectivity index (χ0v) is 11.6. The molecular weight excluding hydrogens is 246 g/mol. The number of rotatable bonds is 6. The van der Waals surface area contributed by atoms with E-state index < -0.39 is 0 Å². The summed E-state index contributed by atoms with van der Waals surface area (Å²) in [6, 6.07) is 6.45. The van der Waals surface area contributed by atoms with Crippen LogP contribution in [0.4, 0.5) is 0 Å². The molecule has 0 saturated heterocycles. The van der Waals surface area contributed by atoms with E-state index in [1.54, 1.807) is 18.9 Å². The maximum absolute atomic E-state index is 9.42. The van der Waals surface area contributed by atoms with Gasteiger partial charge >= 0.3 is 0 Å². The monoisotopic (exact) mass is 267 g/mol. The first kappa shape index (κ1) is 13.9. The first-order chi connectivity index (χ1) is 8.74. The van der Waals surface area contributed by atoms with Crippen LogP contribution < -0.4 is 5.73 Å². The van der Waals surface area contributed by atoms with Crippen molar-refractivity contribution >= 4 is 11.8 Å². The molecule has 1 aromatic rings. The predicted molar refractivity (Wildman–Crippen MR) is 75.0 cm³/mol. The fourth-order valence-electron chi connectivity index (χ4n) is 2.36. The lowest BCUT2D eigenvalue weighted by Crippen LogP contribution is -2.38. The van der Waals surface area contributed by atoms with Crippen molar-refractivity contribution in [3.05, 3.63) is 29.3 Å². The molecule has 0 fully saturated rings.